The van der Waals surface area contributed by atoms with Gasteiger partial charge in [-0.05, 0) is 11.6 Å². The van der Waals surface area contributed by atoms with Crippen LogP contribution in [0.25, 0.3) is 0 Å². The maximum atomic E-state index is 6.29. The smallest absolute Gasteiger partial charge is 0.225 e. The monoisotopic (exact) mass is 283 g/mol. The van der Waals surface area contributed by atoms with Gasteiger partial charge < -0.3 is 10.6 Å². The Hall–Kier alpha value is -1.98. The summed E-state index contributed by atoms with van der Waals surface area (Å²) in [4.78, 5) is 13.3. The van der Waals surface area contributed by atoms with E-state index in [1.165, 1.54) is 5.56 Å². The Morgan fingerprint density at radius 1 is 0.952 bits per heavy atom. The van der Waals surface area contributed by atoms with Gasteiger partial charge in [0.15, 0.2) is 0 Å². The van der Waals surface area contributed by atoms with E-state index in [2.05, 4.69) is 31.9 Å². The summed E-state index contributed by atoms with van der Waals surface area (Å²) in [7, 11) is 0. The zero-order valence-corrected chi connectivity index (χ0v) is 12.1. The van der Waals surface area contributed by atoms with Gasteiger partial charge in [-0.25, -0.2) is 9.97 Å². The van der Waals surface area contributed by atoms with Crippen molar-refractivity contribution in [2.75, 3.05) is 37.6 Å². The Morgan fingerprint density at radius 2 is 1.62 bits per heavy atom. The molecule has 0 saturated carbocycles. The minimum absolute atomic E-state index is 0.0747. The van der Waals surface area contributed by atoms with Crippen molar-refractivity contribution in [3.05, 3.63) is 54.4 Å². The van der Waals surface area contributed by atoms with E-state index in [1.807, 2.05) is 24.3 Å². The van der Waals surface area contributed by atoms with Crippen molar-refractivity contribution in [1.29, 1.82) is 0 Å². The molecule has 0 spiro atoms. The second-order valence-corrected chi connectivity index (χ2v) is 5.35. The highest BCUT2D eigenvalue weighted by atomic mass is 15.3. The standard InChI is InChI=1S/C16H21N5/c17-15(14-5-2-1-3-6-14)13-20-9-11-21(12-10-20)16-18-7-4-8-19-16/h1-8,15H,9-13,17H2/t15-/m1/s1. The molecule has 1 aliphatic rings. The largest absolute Gasteiger partial charge is 0.338 e. The summed E-state index contributed by atoms with van der Waals surface area (Å²) in [5.74, 6) is 0.824. The van der Waals surface area contributed by atoms with Crippen LogP contribution >= 0.6 is 0 Å². The number of piperazine rings is 1. The van der Waals surface area contributed by atoms with Crippen LogP contribution in [0.2, 0.25) is 0 Å². The quantitative estimate of drug-likeness (QED) is 0.916. The molecule has 1 aromatic heterocycles. The molecule has 1 aliphatic heterocycles. The van der Waals surface area contributed by atoms with Gasteiger partial charge in [0.2, 0.25) is 5.95 Å². The molecule has 1 saturated heterocycles. The third-order valence-corrected chi connectivity index (χ3v) is 3.89. The third-order valence-electron chi connectivity index (χ3n) is 3.89. The van der Waals surface area contributed by atoms with Crippen LogP contribution in [0.1, 0.15) is 11.6 Å². The summed E-state index contributed by atoms with van der Waals surface area (Å²) in [5, 5.41) is 0. The van der Waals surface area contributed by atoms with Crippen molar-refractivity contribution in [2.24, 2.45) is 5.73 Å². The zero-order chi connectivity index (χ0) is 14.5. The first-order valence-electron chi connectivity index (χ1n) is 7.38. The number of anilines is 1. The molecule has 110 valence electrons. The SMILES string of the molecule is N[C@H](CN1CCN(c2ncccn2)CC1)c1ccccc1. The van der Waals surface area contributed by atoms with Crippen molar-refractivity contribution in [2.45, 2.75) is 6.04 Å². The molecule has 0 amide bonds. The van der Waals surface area contributed by atoms with Crippen LogP contribution in [0.5, 0.6) is 0 Å². The highest BCUT2D eigenvalue weighted by Gasteiger charge is 2.20. The Labute approximate surface area is 125 Å². The summed E-state index contributed by atoms with van der Waals surface area (Å²) in [6.07, 6.45) is 3.58. The Balaban J connectivity index is 1.52. The van der Waals surface area contributed by atoms with Crippen LogP contribution in [0.15, 0.2) is 48.8 Å². The average molecular weight is 283 g/mol. The maximum Gasteiger partial charge on any atom is 0.225 e. The van der Waals surface area contributed by atoms with E-state index in [0.29, 0.717) is 0 Å². The molecule has 5 heteroatoms. The van der Waals surface area contributed by atoms with Gasteiger partial charge >= 0.3 is 0 Å². The van der Waals surface area contributed by atoms with E-state index in [0.717, 1.165) is 38.7 Å². The summed E-state index contributed by atoms with van der Waals surface area (Å²) in [6.45, 7) is 4.79. The maximum absolute atomic E-state index is 6.29. The molecule has 5 nitrogen and oxygen atoms in total. The fraction of sp³-hybridized carbons (Fsp3) is 0.375. The lowest BCUT2D eigenvalue weighted by molar-refractivity contribution is 0.242. The lowest BCUT2D eigenvalue weighted by atomic mass is 10.1. The van der Waals surface area contributed by atoms with E-state index in [1.54, 1.807) is 12.4 Å². The number of rotatable bonds is 4. The van der Waals surface area contributed by atoms with Crippen molar-refractivity contribution in [1.82, 2.24) is 14.9 Å². The average Bonchev–Trinajstić information content (AvgIpc) is 2.57. The molecule has 21 heavy (non-hydrogen) atoms. The molecule has 2 heterocycles. The molecule has 0 bridgehead atoms. The number of benzene rings is 1. The Kier molecular flexibility index (Phi) is 4.43. The molecular weight excluding hydrogens is 262 g/mol. The number of hydrogen-bond acceptors (Lipinski definition) is 5. The Bertz CT molecular complexity index is 537. The van der Waals surface area contributed by atoms with E-state index in [4.69, 9.17) is 5.73 Å². The van der Waals surface area contributed by atoms with E-state index >= 15 is 0 Å². The van der Waals surface area contributed by atoms with E-state index < -0.39 is 0 Å². The number of aromatic nitrogens is 2. The van der Waals surface area contributed by atoms with Gasteiger partial charge in [-0.2, -0.15) is 0 Å². The van der Waals surface area contributed by atoms with E-state index in [9.17, 15) is 0 Å². The normalized spacial score (nSPS) is 17.7. The fourth-order valence-electron chi connectivity index (χ4n) is 2.67. The molecule has 0 unspecified atom stereocenters. The predicted octanol–water partition coefficient (Wildman–Crippen LogP) is 1.30. The second kappa shape index (κ2) is 6.65. The lowest BCUT2D eigenvalue weighted by Crippen LogP contribution is -2.48. The van der Waals surface area contributed by atoms with Crippen LogP contribution in [0, 0.1) is 0 Å². The van der Waals surface area contributed by atoms with Crippen LogP contribution in [0.3, 0.4) is 0 Å². The van der Waals surface area contributed by atoms with Crippen molar-refractivity contribution < 1.29 is 0 Å². The summed E-state index contributed by atoms with van der Waals surface area (Å²) >= 11 is 0. The fourth-order valence-corrected chi connectivity index (χ4v) is 2.67. The summed E-state index contributed by atoms with van der Waals surface area (Å²) < 4.78 is 0. The lowest BCUT2D eigenvalue weighted by Gasteiger charge is -2.35. The molecule has 1 fully saturated rings. The first-order valence-corrected chi connectivity index (χ1v) is 7.38. The second-order valence-electron chi connectivity index (χ2n) is 5.35. The molecule has 1 atom stereocenters. The van der Waals surface area contributed by atoms with Crippen LogP contribution in [-0.4, -0.2) is 47.6 Å². The molecular formula is C16H21N5. The van der Waals surface area contributed by atoms with Gasteiger partial charge in [0.25, 0.3) is 0 Å². The first-order chi connectivity index (χ1) is 10.3. The number of nitrogens with two attached hydrogens (primary N) is 1. The van der Waals surface area contributed by atoms with Crippen molar-refractivity contribution in [3.63, 3.8) is 0 Å². The zero-order valence-electron chi connectivity index (χ0n) is 12.1. The minimum Gasteiger partial charge on any atom is -0.338 e. The number of hydrogen-bond donors (Lipinski definition) is 1. The van der Waals surface area contributed by atoms with Gasteiger partial charge in [-0.3, -0.25) is 4.90 Å². The van der Waals surface area contributed by atoms with Gasteiger partial charge in [-0.15, -0.1) is 0 Å². The molecule has 2 aromatic rings. The van der Waals surface area contributed by atoms with Crippen molar-refractivity contribution in [3.8, 4) is 0 Å². The van der Waals surface area contributed by atoms with Gasteiger partial charge in [-0.1, -0.05) is 30.3 Å². The molecule has 0 radical (unpaired) electrons. The highest BCUT2D eigenvalue weighted by Crippen LogP contribution is 2.14. The van der Waals surface area contributed by atoms with Gasteiger partial charge in [0.05, 0.1) is 0 Å². The Morgan fingerprint density at radius 3 is 2.29 bits per heavy atom. The minimum atomic E-state index is 0.0747. The van der Waals surface area contributed by atoms with E-state index in [-0.39, 0.29) is 6.04 Å². The third kappa shape index (κ3) is 3.56. The van der Waals surface area contributed by atoms with Crippen LogP contribution < -0.4 is 10.6 Å². The molecule has 2 N–H and O–H groups in total. The van der Waals surface area contributed by atoms with Gasteiger partial charge in [0, 0.05) is 51.2 Å². The van der Waals surface area contributed by atoms with Gasteiger partial charge in [0.1, 0.15) is 0 Å². The molecule has 3 rings (SSSR count). The summed E-state index contributed by atoms with van der Waals surface area (Å²) in [6, 6.07) is 12.2. The highest BCUT2D eigenvalue weighted by molar-refractivity contribution is 5.29. The van der Waals surface area contributed by atoms with Crippen molar-refractivity contribution >= 4 is 5.95 Å². The molecule has 1 aromatic carbocycles. The topological polar surface area (TPSA) is 58.3 Å². The summed E-state index contributed by atoms with van der Waals surface area (Å²) in [5.41, 5.74) is 7.49. The van der Waals surface area contributed by atoms with Crippen LogP contribution in [0.4, 0.5) is 5.95 Å². The predicted molar refractivity (Wildman–Crippen MR) is 84.1 cm³/mol. The molecule has 0 aliphatic carbocycles. The number of nitrogens with zero attached hydrogens (tertiary/aromatic N) is 4. The van der Waals surface area contributed by atoms with Crippen LogP contribution in [-0.2, 0) is 0 Å². The first kappa shape index (κ1) is 14.0.